The molecule has 1 aromatic heterocycles. The van der Waals surface area contributed by atoms with Gasteiger partial charge in [0.05, 0.1) is 17.7 Å². The molecule has 1 aromatic rings. The van der Waals surface area contributed by atoms with E-state index >= 15 is 0 Å². The van der Waals surface area contributed by atoms with Gasteiger partial charge in [-0.2, -0.15) is 5.26 Å². The summed E-state index contributed by atoms with van der Waals surface area (Å²) in [5.74, 6) is 0.722. The lowest BCUT2D eigenvalue weighted by Crippen LogP contribution is -2.33. The van der Waals surface area contributed by atoms with Gasteiger partial charge in [0, 0.05) is 6.20 Å². The molecule has 4 atom stereocenters. The van der Waals surface area contributed by atoms with E-state index in [1.807, 2.05) is 6.07 Å². The van der Waals surface area contributed by atoms with Gasteiger partial charge in [0.15, 0.2) is 6.23 Å². The topological polar surface area (TPSA) is 149 Å². The molecule has 1 unspecified atom stereocenters. The monoisotopic (exact) mass is 293 g/mol. The Morgan fingerprint density at radius 3 is 2.90 bits per heavy atom. The Labute approximate surface area is 119 Å². The van der Waals surface area contributed by atoms with Crippen LogP contribution in [0.15, 0.2) is 11.2 Å². The zero-order valence-electron chi connectivity index (χ0n) is 11.0. The molecule has 21 heavy (non-hydrogen) atoms. The average Bonchev–Trinajstić information content (AvgIpc) is 2.99. The second kappa shape index (κ2) is 5.01. The number of aliphatic hydroxyl groups excluding tert-OH is 3. The highest BCUT2D eigenvalue weighted by Crippen LogP contribution is 2.35. The van der Waals surface area contributed by atoms with Gasteiger partial charge in [-0.1, -0.05) is 0 Å². The van der Waals surface area contributed by atoms with E-state index in [9.17, 15) is 15.5 Å². The first-order valence-electron chi connectivity index (χ1n) is 6.40. The summed E-state index contributed by atoms with van der Waals surface area (Å²) < 4.78 is 6.96. The molecule has 6 N–H and O–H groups in total. The number of nitrogens with one attached hydrogen (secondary N) is 1. The highest BCUT2D eigenvalue weighted by atomic mass is 16.6. The van der Waals surface area contributed by atoms with Crippen molar-refractivity contribution in [2.75, 3.05) is 18.6 Å². The highest BCUT2D eigenvalue weighted by molar-refractivity contribution is 6.05. The van der Waals surface area contributed by atoms with Crippen LogP contribution >= 0.6 is 0 Å². The predicted octanol–water partition coefficient (Wildman–Crippen LogP) is -1.94. The number of ether oxygens (including phenoxy) is 1. The lowest BCUT2D eigenvalue weighted by Gasteiger charge is -2.22. The largest absolute Gasteiger partial charge is 0.394 e. The van der Waals surface area contributed by atoms with Crippen molar-refractivity contribution in [3.63, 3.8) is 0 Å². The number of aliphatic imine (C=N–C) groups is 1. The predicted molar refractivity (Wildman–Crippen MR) is 71.4 cm³/mol. The number of amidine groups is 1. The Morgan fingerprint density at radius 2 is 2.29 bits per heavy atom. The summed E-state index contributed by atoms with van der Waals surface area (Å²) in [6, 6.07) is 2.01. The SMILES string of the molecule is N#Cc1cn([C@@H]2O[C@H](CO)C(O)[C@@H]2O)c2c1C(N)=NCN2. The molecule has 2 aliphatic rings. The molecule has 2 aliphatic heterocycles. The van der Waals surface area contributed by atoms with Crippen LogP contribution in [-0.2, 0) is 4.74 Å². The van der Waals surface area contributed by atoms with Crippen LogP contribution in [0, 0.1) is 11.3 Å². The fourth-order valence-corrected chi connectivity index (χ4v) is 2.64. The van der Waals surface area contributed by atoms with Crippen molar-refractivity contribution in [1.82, 2.24) is 4.57 Å². The van der Waals surface area contributed by atoms with Crippen molar-refractivity contribution in [2.45, 2.75) is 24.5 Å². The quantitative estimate of drug-likeness (QED) is 0.426. The second-order valence-corrected chi connectivity index (χ2v) is 4.89. The molecule has 0 saturated carbocycles. The molecule has 3 rings (SSSR count). The first kappa shape index (κ1) is 13.8. The van der Waals surface area contributed by atoms with Crippen LogP contribution < -0.4 is 11.1 Å². The number of fused-ring (bicyclic) bond motifs is 1. The number of nitrogens with zero attached hydrogens (tertiary/aromatic N) is 3. The Bertz CT molecular complexity index is 634. The van der Waals surface area contributed by atoms with Gasteiger partial charge in [-0.25, -0.2) is 4.99 Å². The summed E-state index contributed by atoms with van der Waals surface area (Å²) in [5, 5.41) is 41.2. The maximum Gasteiger partial charge on any atom is 0.164 e. The fraction of sp³-hybridized carbons (Fsp3) is 0.500. The third-order valence-electron chi connectivity index (χ3n) is 3.70. The zero-order chi connectivity index (χ0) is 15.1. The normalized spacial score (nSPS) is 31.2. The molecule has 0 spiro atoms. The molecule has 9 nitrogen and oxygen atoms in total. The third-order valence-corrected chi connectivity index (χ3v) is 3.70. The lowest BCUT2D eigenvalue weighted by atomic mass is 10.1. The maximum absolute atomic E-state index is 10.1. The molecule has 1 saturated heterocycles. The van der Waals surface area contributed by atoms with Crippen LogP contribution in [-0.4, -0.2) is 57.3 Å². The van der Waals surface area contributed by atoms with Crippen LogP contribution in [0.25, 0.3) is 0 Å². The summed E-state index contributed by atoms with van der Waals surface area (Å²) in [5.41, 5.74) is 6.54. The van der Waals surface area contributed by atoms with Crippen LogP contribution in [0.2, 0.25) is 0 Å². The van der Waals surface area contributed by atoms with Gasteiger partial charge >= 0.3 is 0 Å². The molecule has 1 fully saturated rings. The third kappa shape index (κ3) is 1.97. The van der Waals surface area contributed by atoms with Crippen molar-refractivity contribution in [3.8, 4) is 6.07 Å². The van der Waals surface area contributed by atoms with Crippen molar-refractivity contribution in [1.29, 1.82) is 5.26 Å². The molecule has 112 valence electrons. The van der Waals surface area contributed by atoms with Crippen LogP contribution in [0.1, 0.15) is 17.4 Å². The molecular formula is C12H15N5O4. The zero-order valence-corrected chi connectivity index (χ0v) is 11.0. The minimum absolute atomic E-state index is 0.228. The lowest BCUT2D eigenvalue weighted by molar-refractivity contribution is -0.0516. The smallest absolute Gasteiger partial charge is 0.164 e. The number of nitriles is 1. The molecule has 9 heteroatoms. The van der Waals surface area contributed by atoms with Crippen molar-refractivity contribution in [2.24, 2.45) is 10.7 Å². The molecule has 0 aromatic carbocycles. The molecule has 3 heterocycles. The van der Waals surface area contributed by atoms with E-state index in [2.05, 4.69) is 10.3 Å². The highest BCUT2D eigenvalue weighted by Gasteiger charge is 2.44. The standard InChI is InChI=1S/C12H15N5O4/c13-1-5-2-17(11-7(5)10(14)15-4-16-11)12-9(20)8(19)6(3-18)21-12/h2,6,8-9,12,16,18-20H,3-4H2,(H2,14,15)/t6-,8?,9+,12-/m1/s1. The first-order valence-corrected chi connectivity index (χ1v) is 6.40. The number of hydrogen-bond donors (Lipinski definition) is 5. The first-order chi connectivity index (χ1) is 10.1. The summed E-state index contributed by atoms with van der Waals surface area (Å²) in [7, 11) is 0. The molecule has 0 bridgehead atoms. The second-order valence-electron chi connectivity index (χ2n) is 4.89. The van der Waals surface area contributed by atoms with Gasteiger partial charge in [-0.15, -0.1) is 0 Å². The van der Waals surface area contributed by atoms with Gasteiger partial charge in [0.1, 0.15) is 42.7 Å². The van der Waals surface area contributed by atoms with Gasteiger partial charge in [0.25, 0.3) is 0 Å². The molecular weight excluding hydrogens is 278 g/mol. The Kier molecular flexibility index (Phi) is 3.30. The Morgan fingerprint density at radius 1 is 1.52 bits per heavy atom. The van der Waals surface area contributed by atoms with Crippen LogP contribution in [0.4, 0.5) is 5.82 Å². The van der Waals surface area contributed by atoms with E-state index in [0.29, 0.717) is 11.4 Å². The maximum atomic E-state index is 10.1. The van der Waals surface area contributed by atoms with Gasteiger partial charge in [-0.3, -0.25) is 0 Å². The van der Waals surface area contributed by atoms with Gasteiger partial charge in [-0.05, 0) is 0 Å². The van der Waals surface area contributed by atoms with E-state index in [1.54, 1.807) is 0 Å². The average molecular weight is 293 g/mol. The number of aliphatic hydroxyl groups is 3. The fourth-order valence-electron chi connectivity index (χ4n) is 2.64. The summed E-state index contributed by atoms with van der Waals surface area (Å²) in [6.07, 6.45) is -2.77. The van der Waals surface area contributed by atoms with E-state index in [0.717, 1.165) is 0 Å². The van der Waals surface area contributed by atoms with Gasteiger partial charge in [0.2, 0.25) is 0 Å². The summed E-state index contributed by atoms with van der Waals surface area (Å²) in [4.78, 5) is 4.01. The minimum Gasteiger partial charge on any atom is -0.394 e. The van der Waals surface area contributed by atoms with Crippen molar-refractivity contribution in [3.05, 3.63) is 17.3 Å². The Balaban J connectivity index is 2.05. The van der Waals surface area contributed by atoms with Crippen LogP contribution in [0.3, 0.4) is 0 Å². The number of nitrogens with two attached hydrogens (primary N) is 1. The van der Waals surface area contributed by atoms with Gasteiger partial charge < -0.3 is 35.7 Å². The molecule has 0 radical (unpaired) electrons. The van der Waals surface area contributed by atoms with E-state index in [-0.39, 0.29) is 18.1 Å². The summed E-state index contributed by atoms with van der Waals surface area (Å²) in [6.45, 7) is -0.178. The van der Waals surface area contributed by atoms with Crippen molar-refractivity contribution >= 4 is 11.7 Å². The van der Waals surface area contributed by atoms with E-state index in [1.165, 1.54) is 10.8 Å². The minimum atomic E-state index is -1.23. The summed E-state index contributed by atoms with van der Waals surface area (Å²) >= 11 is 0. The van der Waals surface area contributed by atoms with E-state index < -0.39 is 31.1 Å². The Hall–Kier alpha value is -2.12. The van der Waals surface area contributed by atoms with Crippen molar-refractivity contribution < 1.29 is 20.1 Å². The molecule has 0 aliphatic carbocycles. The van der Waals surface area contributed by atoms with Crippen LogP contribution in [0.5, 0.6) is 0 Å². The molecule has 0 amide bonds. The number of anilines is 1. The number of aromatic nitrogens is 1. The number of hydrogen-bond acceptors (Lipinski definition) is 8. The number of rotatable bonds is 2. The van der Waals surface area contributed by atoms with E-state index in [4.69, 9.17) is 15.6 Å².